The van der Waals surface area contributed by atoms with Crippen molar-refractivity contribution in [2.45, 2.75) is 52.0 Å². The van der Waals surface area contributed by atoms with Crippen LogP contribution in [0.2, 0.25) is 0 Å². The number of hydrogen-bond donors (Lipinski definition) is 2. The minimum Gasteiger partial charge on any atom is -0.338 e. The molecule has 0 saturated heterocycles. The summed E-state index contributed by atoms with van der Waals surface area (Å²) >= 11 is 0. The molecule has 0 unspecified atom stereocenters. The van der Waals surface area contributed by atoms with Gasteiger partial charge < -0.3 is 4.90 Å². The maximum absolute atomic E-state index is 12.9. The molecule has 3 rings (SSSR count). The average molecular weight is 316 g/mol. The minimum atomic E-state index is -0.499. The van der Waals surface area contributed by atoms with Crippen molar-refractivity contribution >= 4 is 11.8 Å². The summed E-state index contributed by atoms with van der Waals surface area (Å²) in [5.41, 5.74) is 4.09. The highest BCUT2D eigenvalue weighted by atomic mass is 16.5. The van der Waals surface area contributed by atoms with E-state index < -0.39 is 5.91 Å². The Morgan fingerprint density at radius 3 is 2.61 bits per heavy atom. The molecule has 1 aliphatic carbocycles. The van der Waals surface area contributed by atoms with E-state index in [-0.39, 0.29) is 11.3 Å². The molecule has 0 bridgehead atoms. The fourth-order valence-electron chi connectivity index (χ4n) is 3.86. The van der Waals surface area contributed by atoms with Crippen molar-refractivity contribution in [3.05, 3.63) is 34.9 Å². The Morgan fingerprint density at radius 1 is 1.17 bits per heavy atom. The first kappa shape index (κ1) is 16.0. The molecule has 0 atom stereocenters. The highest BCUT2D eigenvalue weighted by molar-refractivity contribution is 5.93. The van der Waals surface area contributed by atoms with Gasteiger partial charge in [-0.2, -0.15) is 0 Å². The van der Waals surface area contributed by atoms with Crippen molar-refractivity contribution in [3.63, 3.8) is 0 Å². The second-order valence-corrected chi connectivity index (χ2v) is 7.02. The number of carbonyl (C=O) groups is 2. The lowest BCUT2D eigenvalue weighted by molar-refractivity contribution is -0.144. The summed E-state index contributed by atoms with van der Waals surface area (Å²) in [4.78, 5) is 26.4. The summed E-state index contributed by atoms with van der Waals surface area (Å²) in [7, 11) is 0. The van der Waals surface area contributed by atoms with Gasteiger partial charge >= 0.3 is 0 Å². The second kappa shape index (κ2) is 6.32. The van der Waals surface area contributed by atoms with Gasteiger partial charge in [0.2, 0.25) is 5.91 Å². The Morgan fingerprint density at radius 2 is 1.91 bits per heavy atom. The van der Waals surface area contributed by atoms with Gasteiger partial charge in [0.05, 0.1) is 0 Å². The number of benzene rings is 1. The Labute approximate surface area is 136 Å². The molecule has 2 amide bonds. The zero-order chi connectivity index (χ0) is 16.4. The first-order valence-corrected chi connectivity index (χ1v) is 8.39. The van der Waals surface area contributed by atoms with Gasteiger partial charge in [-0.15, -0.1) is 0 Å². The van der Waals surface area contributed by atoms with Crippen LogP contribution >= 0.6 is 0 Å². The molecule has 5 nitrogen and oxygen atoms in total. The predicted molar refractivity (Wildman–Crippen MR) is 86.0 cm³/mol. The number of hydrogen-bond acceptors (Lipinski definition) is 3. The molecule has 1 aromatic carbocycles. The number of carbonyl (C=O) groups excluding carboxylic acids is 2. The van der Waals surface area contributed by atoms with E-state index in [1.54, 1.807) is 11.5 Å². The summed E-state index contributed by atoms with van der Waals surface area (Å²) in [5.74, 6) is -0.221. The summed E-state index contributed by atoms with van der Waals surface area (Å²) < 4.78 is 0. The quantitative estimate of drug-likeness (QED) is 0.651. The van der Waals surface area contributed by atoms with Crippen LogP contribution in [0.5, 0.6) is 0 Å². The lowest BCUT2D eigenvalue weighted by Gasteiger charge is -2.39. The topological polar surface area (TPSA) is 69.6 Å². The third kappa shape index (κ3) is 3.11. The third-order valence-electron chi connectivity index (χ3n) is 5.34. The van der Waals surface area contributed by atoms with Crippen molar-refractivity contribution in [2.24, 2.45) is 5.41 Å². The Bertz CT molecular complexity index is 621. The molecule has 5 heteroatoms. The zero-order valence-electron chi connectivity index (χ0n) is 13.6. The zero-order valence-corrected chi connectivity index (χ0v) is 13.6. The fourth-order valence-corrected chi connectivity index (χ4v) is 3.86. The maximum atomic E-state index is 12.9. The molecular formula is C18H24N2O3. The van der Waals surface area contributed by atoms with Gasteiger partial charge in [0, 0.05) is 24.1 Å². The first-order valence-electron chi connectivity index (χ1n) is 8.39. The summed E-state index contributed by atoms with van der Waals surface area (Å²) in [6.07, 6.45) is 6.26. The van der Waals surface area contributed by atoms with E-state index in [4.69, 9.17) is 5.21 Å². The third-order valence-corrected chi connectivity index (χ3v) is 5.34. The van der Waals surface area contributed by atoms with Gasteiger partial charge in [-0.05, 0) is 42.5 Å². The van der Waals surface area contributed by atoms with Crippen molar-refractivity contribution in [1.29, 1.82) is 0 Å². The van der Waals surface area contributed by atoms with Gasteiger partial charge in [-0.1, -0.05) is 32.3 Å². The number of nitrogens with one attached hydrogen (secondary N) is 1. The Hall–Kier alpha value is -1.88. The van der Waals surface area contributed by atoms with E-state index in [1.165, 1.54) is 6.42 Å². The van der Waals surface area contributed by atoms with Gasteiger partial charge in [0.1, 0.15) is 0 Å². The predicted octanol–water partition coefficient (Wildman–Crippen LogP) is 2.66. The number of nitrogens with zero attached hydrogens (tertiary/aromatic N) is 1. The number of hydroxylamine groups is 1. The molecule has 1 saturated carbocycles. The normalized spacial score (nSPS) is 19.8. The van der Waals surface area contributed by atoms with Crippen molar-refractivity contribution in [1.82, 2.24) is 10.4 Å². The van der Waals surface area contributed by atoms with Crippen molar-refractivity contribution in [2.75, 3.05) is 6.54 Å². The first-order chi connectivity index (χ1) is 11.0. The monoisotopic (exact) mass is 316 g/mol. The van der Waals surface area contributed by atoms with Crippen molar-refractivity contribution < 1.29 is 14.8 Å². The van der Waals surface area contributed by atoms with Crippen LogP contribution in [0.25, 0.3) is 0 Å². The highest BCUT2D eigenvalue weighted by Gasteiger charge is 2.38. The molecule has 0 radical (unpaired) electrons. The number of fused-ring (bicyclic) bond motifs is 1. The Balaban J connectivity index is 1.75. The van der Waals surface area contributed by atoms with E-state index in [0.29, 0.717) is 18.7 Å². The smallest absolute Gasteiger partial charge is 0.274 e. The molecule has 1 aliphatic heterocycles. The number of rotatable bonds is 2. The van der Waals surface area contributed by atoms with Gasteiger partial charge in [0.15, 0.2) is 0 Å². The molecule has 1 aromatic rings. The van der Waals surface area contributed by atoms with E-state index in [9.17, 15) is 9.59 Å². The highest BCUT2D eigenvalue weighted by Crippen LogP contribution is 2.38. The van der Waals surface area contributed by atoms with Gasteiger partial charge in [-0.3, -0.25) is 14.8 Å². The van der Waals surface area contributed by atoms with Gasteiger partial charge in [0.25, 0.3) is 5.91 Å². The van der Waals surface area contributed by atoms with Crippen molar-refractivity contribution in [3.8, 4) is 0 Å². The van der Waals surface area contributed by atoms with Gasteiger partial charge in [-0.25, -0.2) is 5.48 Å². The molecule has 1 heterocycles. The molecule has 23 heavy (non-hydrogen) atoms. The summed E-state index contributed by atoms with van der Waals surface area (Å²) in [6.45, 7) is 3.43. The van der Waals surface area contributed by atoms with Crippen LogP contribution in [0, 0.1) is 5.41 Å². The van der Waals surface area contributed by atoms with E-state index in [1.807, 2.05) is 17.0 Å². The molecule has 1 fully saturated rings. The lowest BCUT2D eigenvalue weighted by Crippen LogP contribution is -2.45. The maximum Gasteiger partial charge on any atom is 0.274 e. The molecule has 2 N–H and O–H groups in total. The minimum absolute atomic E-state index is 0.202. The number of amides is 2. The van der Waals surface area contributed by atoms with Crippen LogP contribution in [0.1, 0.15) is 60.5 Å². The fraction of sp³-hybridized carbons (Fsp3) is 0.556. The van der Waals surface area contributed by atoms with Crippen LogP contribution in [0.3, 0.4) is 0 Å². The SMILES string of the molecule is CC1(C(=O)N2CCc3cc(C(=O)NO)ccc3C2)CCCCC1. The van der Waals surface area contributed by atoms with E-state index in [0.717, 1.165) is 43.2 Å². The second-order valence-electron chi connectivity index (χ2n) is 7.02. The molecule has 124 valence electrons. The average Bonchev–Trinajstić information content (AvgIpc) is 2.60. The Kier molecular flexibility index (Phi) is 4.39. The molecule has 2 aliphatic rings. The van der Waals surface area contributed by atoms with Crippen LogP contribution < -0.4 is 5.48 Å². The van der Waals surface area contributed by atoms with Crippen LogP contribution in [0.4, 0.5) is 0 Å². The van der Waals surface area contributed by atoms with Crippen LogP contribution in [0.15, 0.2) is 18.2 Å². The summed E-state index contributed by atoms with van der Waals surface area (Å²) in [5, 5.41) is 8.73. The molecule has 0 aromatic heterocycles. The van der Waals surface area contributed by atoms with E-state index >= 15 is 0 Å². The summed E-state index contributed by atoms with van der Waals surface area (Å²) in [6, 6.07) is 5.40. The lowest BCUT2D eigenvalue weighted by atomic mass is 9.74. The van der Waals surface area contributed by atoms with E-state index in [2.05, 4.69) is 6.92 Å². The molecule has 0 spiro atoms. The largest absolute Gasteiger partial charge is 0.338 e. The van der Waals surface area contributed by atoms with Crippen LogP contribution in [-0.2, 0) is 17.8 Å². The molecular weight excluding hydrogens is 292 g/mol. The standard InChI is InChI=1S/C18H24N2O3/c1-18(8-3-2-4-9-18)17(22)20-10-7-13-11-14(16(21)19-23)5-6-15(13)12-20/h5-6,11,23H,2-4,7-10,12H2,1H3,(H,19,21). The van der Waals surface area contributed by atoms with Crippen LogP contribution in [-0.4, -0.2) is 28.5 Å².